The quantitative estimate of drug-likeness (QED) is 0.447. The topological polar surface area (TPSA) is 107 Å². The molecule has 3 aromatic rings. The molecule has 10 nitrogen and oxygen atoms in total. The number of amides is 3. The summed E-state index contributed by atoms with van der Waals surface area (Å²) in [6.07, 6.45) is 1.31. The van der Waals surface area contributed by atoms with E-state index in [9.17, 15) is 14.7 Å². The zero-order valence-electron chi connectivity index (χ0n) is 25.1. The van der Waals surface area contributed by atoms with Crippen molar-refractivity contribution in [2.75, 3.05) is 63.3 Å². The van der Waals surface area contributed by atoms with Crippen molar-refractivity contribution in [3.63, 3.8) is 0 Å². The lowest BCUT2D eigenvalue weighted by atomic mass is 9.94. The Labute approximate surface area is 253 Å². The van der Waals surface area contributed by atoms with E-state index in [0.717, 1.165) is 35.6 Å². The second-order valence-electron chi connectivity index (χ2n) is 11.3. The third kappa shape index (κ3) is 7.15. The van der Waals surface area contributed by atoms with Gasteiger partial charge in [-0.25, -0.2) is 9.78 Å². The first kappa shape index (κ1) is 30.5. The van der Waals surface area contributed by atoms with Gasteiger partial charge in [-0.3, -0.25) is 4.79 Å². The molecule has 0 unspecified atom stereocenters. The van der Waals surface area contributed by atoms with Crippen LogP contribution in [0.4, 0.5) is 16.3 Å². The van der Waals surface area contributed by atoms with Crippen LogP contribution in [0.15, 0.2) is 66.9 Å². The van der Waals surface area contributed by atoms with Gasteiger partial charge in [-0.1, -0.05) is 49.4 Å². The van der Waals surface area contributed by atoms with E-state index in [2.05, 4.69) is 15.2 Å². The van der Waals surface area contributed by atoms with E-state index < -0.39 is 6.04 Å². The smallest absolute Gasteiger partial charge is 0.321 e. The summed E-state index contributed by atoms with van der Waals surface area (Å²) in [5.41, 5.74) is 3.97. The number of nitrogens with one attached hydrogen (secondary N) is 1. The minimum absolute atomic E-state index is 0.139. The number of anilines is 2. The lowest BCUT2D eigenvalue weighted by molar-refractivity contribution is -0.0178. The van der Waals surface area contributed by atoms with Gasteiger partial charge in [0, 0.05) is 62.7 Å². The lowest BCUT2D eigenvalue weighted by Gasteiger charge is -2.35. The number of aromatic nitrogens is 1. The molecule has 2 aliphatic rings. The maximum atomic E-state index is 14.0. The van der Waals surface area contributed by atoms with Crippen molar-refractivity contribution in [1.82, 2.24) is 14.8 Å². The molecule has 0 spiro atoms. The number of carbonyl (C=O) groups is 2. The number of urea groups is 1. The molecule has 2 aliphatic heterocycles. The summed E-state index contributed by atoms with van der Waals surface area (Å²) < 4.78 is 12.0. The molecule has 5 rings (SSSR count). The van der Waals surface area contributed by atoms with Crippen LogP contribution in [0, 0.1) is 5.92 Å². The third-order valence-electron chi connectivity index (χ3n) is 8.23. The van der Waals surface area contributed by atoms with Crippen LogP contribution in [-0.4, -0.2) is 97.0 Å². The number of likely N-dealkylation sites (N-methyl/N-ethyl adjacent to an activating group) is 1. The van der Waals surface area contributed by atoms with Gasteiger partial charge >= 0.3 is 6.03 Å². The predicted octanol–water partition coefficient (Wildman–Crippen LogP) is 4.11. The van der Waals surface area contributed by atoms with Crippen molar-refractivity contribution in [1.29, 1.82) is 0 Å². The summed E-state index contributed by atoms with van der Waals surface area (Å²) in [6.45, 7) is 7.50. The fourth-order valence-corrected chi connectivity index (χ4v) is 5.58. The van der Waals surface area contributed by atoms with Gasteiger partial charge in [0.05, 0.1) is 38.6 Å². The first-order chi connectivity index (χ1) is 20.9. The molecule has 43 heavy (non-hydrogen) atoms. The van der Waals surface area contributed by atoms with E-state index in [4.69, 9.17) is 9.47 Å². The summed E-state index contributed by atoms with van der Waals surface area (Å²) in [5.74, 6) is 0.519. The number of fused-ring (bicyclic) bond motifs is 3. The first-order valence-corrected chi connectivity index (χ1v) is 14.9. The minimum atomic E-state index is -0.395. The molecule has 0 aliphatic carbocycles. The largest absolute Gasteiger partial charge is 0.394 e. The van der Waals surface area contributed by atoms with Crippen molar-refractivity contribution in [3.05, 3.63) is 78.0 Å². The molecule has 228 valence electrons. The van der Waals surface area contributed by atoms with Crippen LogP contribution in [-0.2, 0) is 16.1 Å². The van der Waals surface area contributed by atoms with E-state index in [1.807, 2.05) is 68.4 Å². The van der Waals surface area contributed by atoms with Gasteiger partial charge in [-0.2, -0.15) is 0 Å². The number of hydrogen-bond donors (Lipinski definition) is 2. The monoisotopic (exact) mass is 587 g/mol. The van der Waals surface area contributed by atoms with Gasteiger partial charge in [-0.05, 0) is 35.7 Å². The number of nitrogens with zero attached hydrogens (tertiary/aromatic N) is 4. The van der Waals surface area contributed by atoms with E-state index in [1.165, 1.54) is 0 Å². The Kier molecular flexibility index (Phi) is 9.91. The number of rotatable bonds is 6. The number of carbonyl (C=O) groups excluding carboxylic acids is 2. The van der Waals surface area contributed by atoms with Crippen LogP contribution in [0.25, 0.3) is 11.1 Å². The zero-order valence-corrected chi connectivity index (χ0v) is 25.1. The number of ether oxygens (including phenoxy) is 2. The van der Waals surface area contributed by atoms with Gasteiger partial charge < -0.3 is 34.6 Å². The molecule has 3 heterocycles. The van der Waals surface area contributed by atoms with Crippen LogP contribution in [0.5, 0.6) is 0 Å². The average Bonchev–Trinajstić information content (AvgIpc) is 3.06. The molecule has 1 aromatic heterocycles. The van der Waals surface area contributed by atoms with Gasteiger partial charge in [0.15, 0.2) is 0 Å². The molecular formula is C33H41N5O5. The molecule has 3 atom stereocenters. The Balaban J connectivity index is 1.37. The van der Waals surface area contributed by atoms with E-state index in [1.54, 1.807) is 29.1 Å². The summed E-state index contributed by atoms with van der Waals surface area (Å²) in [4.78, 5) is 37.3. The highest BCUT2D eigenvalue weighted by Gasteiger charge is 2.31. The molecule has 0 saturated carbocycles. The number of aliphatic hydroxyl groups excluding tert-OH is 1. The van der Waals surface area contributed by atoms with Gasteiger partial charge in [0.25, 0.3) is 5.91 Å². The molecule has 2 aromatic carbocycles. The number of benzene rings is 2. The Bertz CT molecular complexity index is 1410. The summed E-state index contributed by atoms with van der Waals surface area (Å²) >= 11 is 0. The van der Waals surface area contributed by atoms with E-state index in [-0.39, 0.29) is 30.6 Å². The Hall–Kier alpha value is -3.99. The number of morpholine rings is 1. The molecule has 3 amide bonds. The zero-order chi connectivity index (χ0) is 30.3. The highest BCUT2D eigenvalue weighted by Crippen LogP contribution is 2.31. The van der Waals surface area contributed by atoms with Gasteiger partial charge in [0.1, 0.15) is 5.82 Å². The fourth-order valence-electron chi connectivity index (χ4n) is 5.58. The molecule has 0 bridgehead atoms. The summed E-state index contributed by atoms with van der Waals surface area (Å²) in [7, 11) is 1.74. The van der Waals surface area contributed by atoms with Crippen LogP contribution >= 0.6 is 0 Å². The minimum Gasteiger partial charge on any atom is -0.394 e. The molecule has 1 fully saturated rings. The standard InChI is InChI=1S/C33H41N5O5/c1-23-19-38(24(2)21-39)32(40)29-11-7-6-10-28(29)27-9-5-4-8-25(27)22-43-30(23)20-36(3)33(41)35-26-12-13-34-31(18-26)37-14-16-42-17-15-37/h4-13,18,23-24,30,39H,14-17,19-22H2,1-3H3,(H,34,35,41)/t23-,24-,30+/m1/s1. The molecule has 1 saturated heterocycles. The van der Waals surface area contributed by atoms with Crippen LogP contribution in [0.3, 0.4) is 0 Å². The summed E-state index contributed by atoms with van der Waals surface area (Å²) in [5, 5.41) is 13.1. The normalized spacial score (nSPS) is 20.0. The lowest BCUT2D eigenvalue weighted by Crippen LogP contribution is -2.48. The number of aliphatic hydroxyl groups is 1. The fraction of sp³-hybridized carbons (Fsp3) is 0.424. The molecular weight excluding hydrogens is 546 g/mol. The van der Waals surface area contributed by atoms with Crippen molar-refractivity contribution in [3.8, 4) is 11.1 Å². The highest BCUT2D eigenvalue weighted by molar-refractivity contribution is 6.01. The van der Waals surface area contributed by atoms with Crippen LogP contribution in [0.2, 0.25) is 0 Å². The van der Waals surface area contributed by atoms with Gasteiger partial charge in [-0.15, -0.1) is 0 Å². The number of pyridine rings is 1. The van der Waals surface area contributed by atoms with Crippen LogP contribution < -0.4 is 10.2 Å². The summed E-state index contributed by atoms with van der Waals surface area (Å²) in [6, 6.07) is 18.5. The number of hydrogen-bond acceptors (Lipinski definition) is 7. The average molecular weight is 588 g/mol. The van der Waals surface area contributed by atoms with Crippen LogP contribution in [0.1, 0.15) is 29.8 Å². The predicted molar refractivity (Wildman–Crippen MR) is 166 cm³/mol. The Morgan fingerprint density at radius 2 is 1.79 bits per heavy atom. The van der Waals surface area contributed by atoms with Crippen molar-refractivity contribution < 1.29 is 24.2 Å². The van der Waals surface area contributed by atoms with Crippen molar-refractivity contribution >= 4 is 23.4 Å². The van der Waals surface area contributed by atoms with Crippen molar-refractivity contribution in [2.24, 2.45) is 5.92 Å². The molecule has 10 heteroatoms. The Morgan fingerprint density at radius 1 is 1.09 bits per heavy atom. The highest BCUT2D eigenvalue weighted by atomic mass is 16.5. The Morgan fingerprint density at radius 3 is 2.53 bits per heavy atom. The van der Waals surface area contributed by atoms with E-state index in [0.29, 0.717) is 44.2 Å². The maximum Gasteiger partial charge on any atom is 0.321 e. The molecule has 0 radical (unpaired) electrons. The van der Waals surface area contributed by atoms with Crippen molar-refractivity contribution in [2.45, 2.75) is 32.6 Å². The van der Waals surface area contributed by atoms with E-state index >= 15 is 0 Å². The SMILES string of the molecule is C[C@@H]1CN([C@H](C)CO)C(=O)c2ccccc2-c2ccccc2CO[C@H]1CN(C)C(=O)Nc1ccnc(N2CCOCC2)c1. The third-order valence-corrected chi connectivity index (χ3v) is 8.23. The van der Waals surface area contributed by atoms with Gasteiger partial charge in [0.2, 0.25) is 0 Å². The second-order valence-corrected chi connectivity index (χ2v) is 11.3. The second kappa shape index (κ2) is 14.0. The molecule has 2 N–H and O–H groups in total. The first-order valence-electron chi connectivity index (χ1n) is 14.9. The maximum absolute atomic E-state index is 14.0.